The Morgan fingerprint density at radius 2 is 1.95 bits per heavy atom. The van der Waals surface area contributed by atoms with Gasteiger partial charge in [-0.25, -0.2) is 0 Å². The standard InChI is InChI=1S/C14H16F3NO3/c15-14(16,17)21-12-4-2-1-3-11(12)9-18-13(19)10-5-7-20-8-6-10/h1-4,10H,5-9H2,(H,18,19). The second kappa shape index (κ2) is 6.80. The summed E-state index contributed by atoms with van der Waals surface area (Å²) in [6, 6.07) is 5.76. The van der Waals surface area contributed by atoms with E-state index in [1.165, 1.54) is 18.2 Å². The molecular formula is C14H16F3NO3. The molecule has 0 aliphatic carbocycles. The molecule has 0 spiro atoms. The first-order valence-electron chi connectivity index (χ1n) is 6.65. The number of carbonyl (C=O) groups excluding carboxylic acids is 1. The minimum atomic E-state index is -4.75. The molecule has 1 N–H and O–H groups in total. The van der Waals surface area contributed by atoms with Gasteiger partial charge in [-0.3, -0.25) is 4.79 Å². The zero-order chi connectivity index (χ0) is 15.3. The third-order valence-electron chi connectivity index (χ3n) is 3.24. The second-order valence-electron chi connectivity index (χ2n) is 4.76. The average molecular weight is 303 g/mol. The number of nitrogens with one attached hydrogen (secondary N) is 1. The van der Waals surface area contributed by atoms with E-state index in [0.717, 1.165) is 0 Å². The quantitative estimate of drug-likeness (QED) is 0.930. The molecule has 4 nitrogen and oxygen atoms in total. The maximum absolute atomic E-state index is 12.3. The van der Waals surface area contributed by atoms with Crippen LogP contribution in [-0.2, 0) is 16.1 Å². The van der Waals surface area contributed by atoms with Crippen LogP contribution in [0.4, 0.5) is 13.2 Å². The lowest BCUT2D eigenvalue weighted by Crippen LogP contribution is -2.34. The number of rotatable bonds is 4. The first-order chi connectivity index (χ1) is 9.96. The topological polar surface area (TPSA) is 47.6 Å². The molecule has 0 aromatic heterocycles. The summed E-state index contributed by atoms with van der Waals surface area (Å²) >= 11 is 0. The van der Waals surface area contributed by atoms with E-state index in [2.05, 4.69) is 10.1 Å². The highest BCUT2D eigenvalue weighted by Gasteiger charge is 2.32. The first kappa shape index (κ1) is 15.6. The van der Waals surface area contributed by atoms with E-state index in [4.69, 9.17) is 4.74 Å². The molecule has 1 heterocycles. The van der Waals surface area contributed by atoms with Crippen molar-refractivity contribution in [2.24, 2.45) is 5.92 Å². The Morgan fingerprint density at radius 1 is 1.29 bits per heavy atom. The van der Waals surface area contributed by atoms with Crippen molar-refractivity contribution < 1.29 is 27.4 Å². The number of amides is 1. The van der Waals surface area contributed by atoms with Crippen molar-refractivity contribution in [1.82, 2.24) is 5.32 Å². The van der Waals surface area contributed by atoms with Gasteiger partial charge in [0.15, 0.2) is 0 Å². The van der Waals surface area contributed by atoms with Crippen LogP contribution in [0.15, 0.2) is 24.3 Å². The summed E-state index contributed by atoms with van der Waals surface area (Å²) in [7, 11) is 0. The smallest absolute Gasteiger partial charge is 0.405 e. The first-order valence-corrected chi connectivity index (χ1v) is 6.65. The lowest BCUT2D eigenvalue weighted by molar-refractivity contribution is -0.274. The molecule has 7 heteroatoms. The van der Waals surface area contributed by atoms with Gasteiger partial charge in [-0.05, 0) is 18.9 Å². The lowest BCUT2D eigenvalue weighted by atomic mass is 9.99. The van der Waals surface area contributed by atoms with E-state index in [-0.39, 0.29) is 29.7 Å². The van der Waals surface area contributed by atoms with Crippen molar-refractivity contribution >= 4 is 5.91 Å². The molecule has 0 unspecified atom stereocenters. The molecule has 21 heavy (non-hydrogen) atoms. The molecule has 0 radical (unpaired) electrons. The van der Waals surface area contributed by atoms with Crippen LogP contribution in [0.1, 0.15) is 18.4 Å². The summed E-state index contributed by atoms with van der Waals surface area (Å²) in [6.07, 6.45) is -3.49. The molecule has 0 atom stereocenters. The number of hydrogen-bond donors (Lipinski definition) is 1. The maximum atomic E-state index is 12.3. The molecule has 0 bridgehead atoms. The Morgan fingerprint density at radius 3 is 2.62 bits per heavy atom. The van der Waals surface area contributed by atoms with Gasteiger partial charge in [-0.2, -0.15) is 0 Å². The Hall–Kier alpha value is -1.76. The van der Waals surface area contributed by atoms with Gasteiger partial charge in [-0.15, -0.1) is 13.2 Å². The summed E-state index contributed by atoms with van der Waals surface area (Å²) in [4.78, 5) is 11.9. The van der Waals surface area contributed by atoms with Gasteiger partial charge in [0, 0.05) is 31.2 Å². The minimum absolute atomic E-state index is 0.00242. The number of benzene rings is 1. The normalized spacial score (nSPS) is 16.5. The van der Waals surface area contributed by atoms with Gasteiger partial charge in [0.2, 0.25) is 5.91 Å². The van der Waals surface area contributed by atoms with Crippen molar-refractivity contribution in [2.45, 2.75) is 25.7 Å². The summed E-state index contributed by atoms with van der Waals surface area (Å²) in [5.41, 5.74) is 0.287. The zero-order valence-corrected chi connectivity index (χ0v) is 11.3. The Bertz CT molecular complexity index is 485. The van der Waals surface area contributed by atoms with Gasteiger partial charge in [0.1, 0.15) is 5.75 Å². The molecular weight excluding hydrogens is 287 g/mol. The van der Waals surface area contributed by atoms with Gasteiger partial charge in [0.25, 0.3) is 0 Å². The van der Waals surface area contributed by atoms with Crippen LogP contribution in [0.2, 0.25) is 0 Å². The van der Waals surface area contributed by atoms with Crippen molar-refractivity contribution in [2.75, 3.05) is 13.2 Å². The molecule has 0 saturated carbocycles. The number of halogens is 3. The predicted molar refractivity (Wildman–Crippen MR) is 68.5 cm³/mol. The third-order valence-corrected chi connectivity index (χ3v) is 3.24. The Balaban J connectivity index is 1.94. The minimum Gasteiger partial charge on any atom is -0.405 e. The van der Waals surface area contributed by atoms with E-state index in [1.54, 1.807) is 6.07 Å². The number of hydrogen-bond acceptors (Lipinski definition) is 3. The van der Waals surface area contributed by atoms with Crippen LogP contribution in [0.5, 0.6) is 5.75 Å². The molecule has 1 fully saturated rings. The number of alkyl halides is 3. The highest BCUT2D eigenvalue weighted by Crippen LogP contribution is 2.26. The third kappa shape index (κ3) is 4.93. The summed E-state index contributed by atoms with van der Waals surface area (Å²) in [6.45, 7) is 1.07. The highest BCUT2D eigenvalue weighted by molar-refractivity contribution is 5.78. The van der Waals surface area contributed by atoms with E-state index in [1.807, 2.05) is 0 Å². The van der Waals surface area contributed by atoms with Gasteiger partial charge in [0.05, 0.1) is 0 Å². The number of para-hydroxylation sites is 1. The second-order valence-corrected chi connectivity index (χ2v) is 4.76. The van der Waals surface area contributed by atoms with Gasteiger partial charge in [-0.1, -0.05) is 18.2 Å². The van der Waals surface area contributed by atoms with Gasteiger partial charge < -0.3 is 14.8 Å². The molecule has 1 aromatic rings. The zero-order valence-electron chi connectivity index (χ0n) is 11.3. The van der Waals surface area contributed by atoms with Crippen LogP contribution >= 0.6 is 0 Å². The predicted octanol–water partition coefficient (Wildman–Crippen LogP) is 2.63. The van der Waals surface area contributed by atoms with Crippen LogP contribution in [0.25, 0.3) is 0 Å². The largest absolute Gasteiger partial charge is 0.573 e. The van der Waals surface area contributed by atoms with Crippen molar-refractivity contribution in [3.63, 3.8) is 0 Å². The van der Waals surface area contributed by atoms with E-state index >= 15 is 0 Å². The fourth-order valence-electron chi connectivity index (χ4n) is 2.16. The highest BCUT2D eigenvalue weighted by atomic mass is 19.4. The maximum Gasteiger partial charge on any atom is 0.573 e. The van der Waals surface area contributed by atoms with Crippen LogP contribution in [0, 0.1) is 5.92 Å². The Kier molecular flexibility index (Phi) is 5.06. The summed E-state index contributed by atoms with van der Waals surface area (Å²) < 4.78 is 46.0. The van der Waals surface area contributed by atoms with Gasteiger partial charge >= 0.3 is 6.36 Å². The van der Waals surface area contributed by atoms with E-state index < -0.39 is 6.36 Å². The van der Waals surface area contributed by atoms with Crippen molar-refractivity contribution in [1.29, 1.82) is 0 Å². The van der Waals surface area contributed by atoms with E-state index in [0.29, 0.717) is 26.1 Å². The fourth-order valence-corrected chi connectivity index (χ4v) is 2.16. The fraction of sp³-hybridized carbons (Fsp3) is 0.500. The monoisotopic (exact) mass is 303 g/mol. The van der Waals surface area contributed by atoms with Crippen LogP contribution in [-0.4, -0.2) is 25.5 Å². The summed E-state index contributed by atoms with van der Waals surface area (Å²) in [5.74, 6) is -0.605. The molecule has 1 aliphatic rings. The molecule has 1 aromatic carbocycles. The van der Waals surface area contributed by atoms with E-state index in [9.17, 15) is 18.0 Å². The average Bonchev–Trinajstić information content (AvgIpc) is 2.45. The molecule has 2 rings (SSSR count). The molecule has 1 saturated heterocycles. The van der Waals surface area contributed by atoms with Crippen molar-refractivity contribution in [3.05, 3.63) is 29.8 Å². The molecule has 116 valence electrons. The summed E-state index contributed by atoms with van der Waals surface area (Å²) in [5, 5.41) is 2.65. The van der Waals surface area contributed by atoms with Crippen LogP contribution < -0.4 is 10.1 Å². The lowest BCUT2D eigenvalue weighted by Gasteiger charge is -2.21. The number of carbonyl (C=O) groups is 1. The SMILES string of the molecule is O=C(NCc1ccccc1OC(F)(F)F)C1CCOCC1. The molecule has 1 aliphatic heterocycles. The van der Waals surface area contributed by atoms with Crippen molar-refractivity contribution in [3.8, 4) is 5.75 Å². The Labute approximate surface area is 120 Å². The molecule has 1 amide bonds. The number of ether oxygens (including phenoxy) is 2. The van der Waals surface area contributed by atoms with Crippen LogP contribution in [0.3, 0.4) is 0 Å².